The largest absolute Gasteiger partial charge is 0.486 e. The van der Waals surface area contributed by atoms with Crippen molar-refractivity contribution < 1.29 is 9.47 Å². The zero-order valence-corrected chi connectivity index (χ0v) is 11.1. The van der Waals surface area contributed by atoms with E-state index in [1.54, 1.807) is 0 Å². The topological polar surface area (TPSA) is 56.5 Å². The van der Waals surface area contributed by atoms with Crippen LogP contribution in [0.25, 0.3) is 0 Å². The SMILES string of the molecule is CC(C)C(CN)NCc1cccc2c1OCCO2. The highest BCUT2D eigenvalue weighted by Gasteiger charge is 2.17. The van der Waals surface area contributed by atoms with Crippen LogP contribution in [0.4, 0.5) is 0 Å². The van der Waals surface area contributed by atoms with Crippen molar-refractivity contribution in [3.05, 3.63) is 23.8 Å². The van der Waals surface area contributed by atoms with Crippen molar-refractivity contribution in [3.63, 3.8) is 0 Å². The molecule has 1 aromatic carbocycles. The molecule has 1 aliphatic heterocycles. The molecule has 0 spiro atoms. The molecule has 1 heterocycles. The van der Waals surface area contributed by atoms with Crippen LogP contribution < -0.4 is 20.5 Å². The van der Waals surface area contributed by atoms with E-state index >= 15 is 0 Å². The van der Waals surface area contributed by atoms with Gasteiger partial charge in [-0.15, -0.1) is 0 Å². The number of benzene rings is 1. The number of fused-ring (bicyclic) bond motifs is 1. The van der Waals surface area contributed by atoms with E-state index in [-0.39, 0.29) is 0 Å². The monoisotopic (exact) mass is 250 g/mol. The molecule has 0 saturated heterocycles. The van der Waals surface area contributed by atoms with Gasteiger partial charge in [-0.2, -0.15) is 0 Å². The molecule has 0 aromatic heterocycles. The summed E-state index contributed by atoms with van der Waals surface area (Å²) in [6.45, 7) is 6.99. The van der Waals surface area contributed by atoms with Crippen LogP contribution in [0, 0.1) is 5.92 Å². The maximum absolute atomic E-state index is 5.76. The smallest absolute Gasteiger partial charge is 0.165 e. The lowest BCUT2D eigenvalue weighted by molar-refractivity contribution is 0.169. The number of para-hydroxylation sites is 1. The number of hydrogen-bond donors (Lipinski definition) is 2. The molecule has 0 saturated carbocycles. The lowest BCUT2D eigenvalue weighted by Crippen LogP contribution is -2.39. The predicted octanol–water partition coefficient (Wildman–Crippen LogP) is 1.53. The van der Waals surface area contributed by atoms with Crippen LogP contribution >= 0.6 is 0 Å². The molecule has 0 bridgehead atoms. The van der Waals surface area contributed by atoms with Gasteiger partial charge in [-0.1, -0.05) is 26.0 Å². The van der Waals surface area contributed by atoms with Gasteiger partial charge in [0.25, 0.3) is 0 Å². The Bertz CT molecular complexity index is 393. The Balaban J connectivity index is 2.05. The molecular formula is C14H22N2O2. The Kier molecular flexibility index (Phi) is 4.44. The Morgan fingerprint density at radius 3 is 2.78 bits per heavy atom. The van der Waals surface area contributed by atoms with Crippen molar-refractivity contribution in [3.8, 4) is 11.5 Å². The number of ether oxygens (including phenoxy) is 2. The quantitative estimate of drug-likeness (QED) is 0.832. The minimum Gasteiger partial charge on any atom is -0.486 e. The molecule has 0 amide bonds. The fourth-order valence-electron chi connectivity index (χ4n) is 2.11. The third kappa shape index (κ3) is 2.94. The maximum atomic E-state index is 5.76. The molecule has 4 nitrogen and oxygen atoms in total. The van der Waals surface area contributed by atoms with Gasteiger partial charge in [0, 0.05) is 24.7 Å². The van der Waals surface area contributed by atoms with Crippen LogP contribution in [-0.4, -0.2) is 25.8 Å². The Hall–Kier alpha value is -1.26. The second-order valence-corrected chi connectivity index (χ2v) is 4.91. The average molecular weight is 250 g/mol. The number of nitrogens with two attached hydrogens (primary N) is 1. The molecule has 1 atom stereocenters. The van der Waals surface area contributed by atoms with Gasteiger partial charge in [0.05, 0.1) is 0 Å². The normalized spacial score (nSPS) is 15.8. The second kappa shape index (κ2) is 6.07. The number of nitrogens with one attached hydrogen (secondary N) is 1. The molecule has 0 radical (unpaired) electrons. The zero-order chi connectivity index (χ0) is 13.0. The van der Waals surface area contributed by atoms with Crippen LogP contribution in [0.3, 0.4) is 0 Å². The predicted molar refractivity (Wildman–Crippen MR) is 72.0 cm³/mol. The minimum absolute atomic E-state index is 0.324. The maximum Gasteiger partial charge on any atom is 0.165 e. The molecule has 0 aliphatic carbocycles. The first kappa shape index (κ1) is 13.2. The van der Waals surface area contributed by atoms with Gasteiger partial charge in [0.1, 0.15) is 13.2 Å². The summed E-state index contributed by atoms with van der Waals surface area (Å²) in [7, 11) is 0. The van der Waals surface area contributed by atoms with Crippen molar-refractivity contribution in [2.45, 2.75) is 26.4 Å². The Morgan fingerprint density at radius 2 is 2.06 bits per heavy atom. The van der Waals surface area contributed by atoms with Gasteiger partial charge >= 0.3 is 0 Å². The van der Waals surface area contributed by atoms with E-state index in [0.29, 0.717) is 31.7 Å². The molecule has 3 N–H and O–H groups in total. The minimum atomic E-state index is 0.324. The lowest BCUT2D eigenvalue weighted by atomic mass is 10.0. The van der Waals surface area contributed by atoms with E-state index in [9.17, 15) is 0 Å². The number of rotatable bonds is 5. The summed E-state index contributed by atoms with van der Waals surface area (Å²) < 4.78 is 11.3. The van der Waals surface area contributed by atoms with Gasteiger partial charge in [-0.3, -0.25) is 0 Å². The molecule has 100 valence electrons. The van der Waals surface area contributed by atoms with Gasteiger partial charge in [-0.25, -0.2) is 0 Å². The van der Waals surface area contributed by atoms with Crippen LogP contribution in [0.1, 0.15) is 19.4 Å². The summed E-state index contributed by atoms with van der Waals surface area (Å²) in [4.78, 5) is 0. The third-order valence-corrected chi connectivity index (χ3v) is 3.26. The first-order valence-electron chi connectivity index (χ1n) is 6.53. The van der Waals surface area contributed by atoms with E-state index in [2.05, 4.69) is 25.2 Å². The van der Waals surface area contributed by atoms with Crippen LogP contribution in [0.5, 0.6) is 11.5 Å². The van der Waals surface area contributed by atoms with Crippen molar-refractivity contribution in [2.24, 2.45) is 11.7 Å². The van der Waals surface area contributed by atoms with Crippen molar-refractivity contribution >= 4 is 0 Å². The van der Waals surface area contributed by atoms with Crippen molar-refractivity contribution in [2.75, 3.05) is 19.8 Å². The molecule has 1 unspecified atom stereocenters. The fourth-order valence-corrected chi connectivity index (χ4v) is 2.11. The first-order chi connectivity index (χ1) is 8.72. The Labute approximate surface area is 108 Å². The molecular weight excluding hydrogens is 228 g/mol. The molecule has 2 rings (SSSR count). The lowest BCUT2D eigenvalue weighted by Gasteiger charge is -2.24. The van der Waals surface area contributed by atoms with Crippen LogP contribution in [-0.2, 0) is 6.54 Å². The summed E-state index contributed by atoms with van der Waals surface area (Å²) in [5.41, 5.74) is 6.89. The van der Waals surface area contributed by atoms with Gasteiger partial charge < -0.3 is 20.5 Å². The highest BCUT2D eigenvalue weighted by molar-refractivity contribution is 5.47. The molecule has 4 heteroatoms. The van der Waals surface area contributed by atoms with Gasteiger partial charge in [0.15, 0.2) is 11.5 Å². The summed E-state index contributed by atoms with van der Waals surface area (Å²) in [6, 6.07) is 6.33. The molecule has 18 heavy (non-hydrogen) atoms. The zero-order valence-electron chi connectivity index (χ0n) is 11.1. The molecule has 1 aliphatic rings. The van der Waals surface area contributed by atoms with E-state index in [1.807, 2.05) is 12.1 Å². The van der Waals surface area contributed by atoms with Gasteiger partial charge in [0.2, 0.25) is 0 Å². The highest BCUT2D eigenvalue weighted by Crippen LogP contribution is 2.33. The summed E-state index contributed by atoms with van der Waals surface area (Å²) in [5.74, 6) is 2.23. The summed E-state index contributed by atoms with van der Waals surface area (Å²) in [6.07, 6.45) is 0. The summed E-state index contributed by atoms with van der Waals surface area (Å²) >= 11 is 0. The standard InChI is InChI=1S/C14H22N2O2/c1-10(2)12(8-15)16-9-11-4-3-5-13-14(11)18-7-6-17-13/h3-5,10,12,16H,6-9,15H2,1-2H3. The highest BCUT2D eigenvalue weighted by atomic mass is 16.6. The second-order valence-electron chi connectivity index (χ2n) is 4.91. The molecule has 1 aromatic rings. The fraction of sp³-hybridized carbons (Fsp3) is 0.571. The van der Waals surface area contributed by atoms with Crippen LogP contribution in [0.2, 0.25) is 0 Å². The number of hydrogen-bond acceptors (Lipinski definition) is 4. The average Bonchev–Trinajstić information content (AvgIpc) is 2.39. The van der Waals surface area contributed by atoms with E-state index < -0.39 is 0 Å². The third-order valence-electron chi connectivity index (χ3n) is 3.26. The first-order valence-corrected chi connectivity index (χ1v) is 6.53. The molecule has 0 fully saturated rings. The van der Waals surface area contributed by atoms with Gasteiger partial charge in [-0.05, 0) is 12.0 Å². The van der Waals surface area contributed by atoms with Crippen molar-refractivity contribution in [1.29, 1.82) is 0 Å². The summed E-state index contributed by atoms with van der Waals surface area (Å²) in [5, 5.41) is 3.47. The van der Waals surface area contributed by atoms with E-state index in [1.165, 1.54) is 0 Å². The van der Waals surface area contributed by atoms with E-state index in [4.69, 9.17) is 15.2 Å². The van der Waals surface area contributed by atoms with Crippen LogP contribution in [0.15, 0.2) is 18.2 Å². The van der Waals surface area contributed by atoms with Crippen molar-refractivity contribution in [1.82, 2.24) is 5.32 Å². The Morgan fingerprint density at radius 1 is 1.28 bits per heavy atom. The van der Waals surface area contributed by atoms with E-state index in [0.717, 1.165) is 23.6 Å².